The van der Waals surface area contributed by atoms with E-state index in [4.69, 9.17) is 0 Å². The number of hydrogen-bond donors (Lipinski definition) is 3. The average Bonchev–Trinajstić information content (AvgIpc) is 2.53. The smallest absolute Gasteiger partial charge is 0.326 e. The van der Waals surface area contributed by atoms with Crippen molar-refractivity contribution in [2.45, 2.75) is 44.7 Å². The highest BCUT2D eigenvalue weighted by Crippen LogP contribution is 2.06. The second-order valence-corrected chi connectivity index (χ2v) is 5.56. The van der Waals surface area contributed by atoms with Gasteiger partial charge in [0.2, 0.25) is 11.8 Å². The fourth-order valence-corrected chi connectivity index (χ4v) is 2.30. The van der Waals surface area contributed by atoms with Crippen molar-refractivity contribution in [3.05, 3.63) is 48.6 Å². The van der Waals surface area contributed by atoms with E-state index in [2.05, 4.69) is 17.2 Å². The summed E-state index contributed by atoms with van der Waals surface area (Å²) in [6.07, 6.45) is 3.61. The lowest BCUT2D eigenvalue weighted by atomic mass is 10.0. The van der Waals surface area contributed by atoms with Crippen LogP contribution in [0.1, 0.15) is 31.7 Å². The van der Waals surface area contributed by atoms with Crippen LogP contribution >= 0.6 is 0 Å². The summed E-state index contributed by atoms with van der Waals surface area (Å²) in [5, 5.41) is 14.3. The van der Waals surface area contributed by atoms with E-state index in [9.17, 15) is 19.5 Å². The Kier molecular flexibility index (Phi) is 8.25. The Morgan fingerprint density at radius 3 is 2.38 bits per heavy atom. The molecular weight excluding hydrogens is 308 g/mol. The van der Waals surface area contributed by atoms with Gasteiger partial charge in [0.25, 0.3) is 0 Å². The second-order valence-electron chi connectivity index (χ2n) is 5.56. The summed E-state index contributed by atoms with van der Waals surface area (Å²) in [7, 11) is 0. The number of hydrogen-bond acceptors (Lipinski definition) is 3. The number of rotatable bonds is 10. The molecule has 6 nitrogen and oxygen atoms in total. The number of unbranched alkanes of at least 4 members (excludes halogenated alkanes) is 1. The first-order valence-electron chi connectivity index (χ1n) is 7.89. The van der Waals surface area contributed by atoms with Crippen molar-refractivity contribution in [3.8, 4) is 0 Å². The van der Waals surface area contributed by atoms with Gasteiger partial charge in [0.1, 0.15) is 12.1 Å². The van der Waals surface area contributed by atoms with Gasteiger partial charge in [-0.05, 0) is 24.8 Å². The lowest BCUT2D eigenvalue weighted by Crippen LogP contribution is -2.52. The number of benzene rings is 1. The van der Waals surface area contributed by atoms with Gasteiger partial charge in [-0.1, -0.05) is 36.4 Å². The molecule has 0 fully saturated rings. The molecule has 0 aliphatic carbocycles. The molecule has 0 saturated carbocycles. The summed E-state index contributed by atoms with van der Waals surface area (Å²) in [6, 6.07) is 7.44. The fourth-order valence-electron chi connectivity index (χ4n) is 2.30. The van der Waals surface area contributed by atoms with Crippen LogP contribution in [0.5, 0.6) is 0 Å². The van der Waals surface area contributed by atoms with Crippen molar-refractivity contribution in [2.24, 2.45) is 0 Å². The molecule has 0 unspecified atom stereocenters. The zero-order chi connectivity index (χ0) is 17.9. The summed E-state index contributed by atoms with van der Waals surface area (Å²) in [5.74, 6) is -1.93. The first kappa shape index (κ1) is 19.4. The summed E-state index contributed by atoms with van der Waals surface area (Å²) in [6.45, 7) is 4.91. The lowest BCUT2D eigenvalue weighted by Gasteiger charge is -2.21. The van der Waals surface area contributed by atoms with Gasteiger partial charge in [0.05, 0.1) is 0 Å². The third-order valence-corrected chi connectivity index (χ3v) is 3.49. The molecule has 0 aliphatic heterocycles. The zero-order valence-corrected chi connectivity index (χ0v) is 13.8. The largest absolute Gasteiger partial charge is 0.480 e. The number of allylic oxidation sites excluding steroid dienone is 1. The quantitative estimate of drug-likeness (QED) is 0.448. The summed E-state index contributed by atoms with van der Waals surface area (Å²) >= 11 is 0. The Balaban J connectivity index is 2.76. The molecule has 1 rings (SSSR count). The van der Waals surface area contributed by atoms with Crippen LogP contribution in [0.3, 0.4) is 0 Å². The Morgan fingerprint density at radius 2 is 1.83 bits per heavy atom. The van der Waals surface area contributed by atoms with Gasteiger partial charge in [-0.3, -0.25) is 9.59 Å². The number of carboxylic acid groups (broad SMARTS) is 1. The van der Waals surface area contributed by atoms with Crippen LogP contribution in [-0.4, -0.2) is 35.0 Å². The molecule has 0 aliphatic rings. The van der Waals surface area contributed by atoms with Crippen molar-refractivity contribution in [1.82, 2.24) is 10.6 Å². The molecule has 0 radical (unpaired) electrons. The summed E-state index contributed by atoms with van der Waals surface area (Å²) in [5.41, 5.74) is 0.880. The van der Waals surface area contributed by atoms with Gasteiger partial charge < -0.3 is 15.7 Å². The lowest BCUT2D eigenvalue weighted by molar-refractivity contribution is -0.142. The fraction of sp³-hybridized carbons (Fsp3) is 0.389. The van der Waals surface area contributed by atoms with E-state index in [-0.39, 0.29) is 5.91 Å². The van der Waals surface area contributed by atoms with E-state index in [1.54, 1.807) is 6.08 Å². The number of carbonyl (C=O) groups excluding carboxylic acids is 2. The van der Waals surface area contributed by atoms with E-state index in [0.29, 0.717) is 25.7 Å². The Hall–Kier alpha value is -2.63. The Bertz CT molecular complexity index is 572. The highest BCUT2D eigenvalue weighted by atomic mass is 16.4. The predicted molar refractivity (Wildman–Crippen MR) is 91.4 cm³/mol. The van der Waals surface area contributed by atoms with E-state index in [1.165, 1.54) is 6.92 Å². The van der Waals surface area contributed by atoms with Crippen LogP contribution in [0.15, 0.2) is 43.0 Å². The molecule has 3 N–H and O–H groups in total. The van der Waals surface area contributed by atoms with E-state index < -0.39 is 24.0 Å². The highest BCUT2D eigenvalue weighted by molar-refractivity contribution is 5.90. The van der Waals surface area contributed by atoms with Crippen molar-refractivity contribution < 1.29 is 19.5 Å². The molecule has 130 valence electrons. The molecule has 1 aromatic carbocycles. The standard InChI is InChI=1S/C18H24N2O4/c1-3-4-6-11-15(18(23)24)20-17(22)16(19-13(2)21)12-14-9-7-5-8-10-14/h3,5,7-10,15-16H,1,4,6,11-12H2,2H3,(H,19,21)(H,20,22)(H,23,24)/t15-,16-/m0/s1. The molecule has 0 heterocycles. The maximum Gasteiger partial charge on any atom is 0.326 e. The molecule has 1 aromatic rings. The molecule has 0 saturated heterocycles. The highest BCUT2D eigenvalue weighted by Gasteiger charge is 2.25. The Labute approximate surface area is 141 Å². The van der Waals surface area contributed by atoms with Crippen molar-refractivity contribution >= 4 is 17.8 Å². The second kappa shape index (κ2) is 10.2. The van der Waals surface area contributed by atoms with E-state index in [0.717, 1.165) is 5.56 Å². The van der Waals surface area contributed by atoms with E-state index in [1.807, 2.05) is 30.3 Å². The minimum atomic E-state index is -1.09. The number of aliphatic carboxylic acids is 1. The first-order valence-corrected chi connectivity index (χ1v) is 7.89. The van der Waals surface area contributed by atoms with Crippen LogP contribution in [0, 0.1) is 0 Å². The van der Waals surface area contributed by atoms with Crippen LogP contribution < -0.4 is 10.6 Å². The van der Waals surface area contributed by atoms with Gasteiger partial charge in [0, 0.05) is 13.3 Å². The molecular formula is C18H24N2O4. The predicted octanol–water partition coefficient (Wildman–Crippen LogP) is 1.66. The van der Waals surface area contributed by atoms with Gasteiger partial charge >= 0.3 is 5.97 Å². The minimum absolute atomic E-state index is 0.297. The Morgan fingerprint density at radius 1 is 1.17 bits per heavy atom. The molecule has 6 heteroatoms. The van der Waals surface area contributed by atoms with Gasteiger partial charge in [0.15, 0.2) is 0 Å². The molecule has 0 bridgehead atoms. The third-order valence-electron chi connectivity index (χ3n) is 3.49. The van der Waals surface area contributed by atoms with Crippen molar-refractivity contribution in [2.75, 3.05) is 0 Å². The molecule has 24 heavy (non-hydrogen) atoms. The SMILES string of the molecule is C=CCCC[C@H](NC(=O)[C@H](Cc1ccccc1)NC(C)=O)C(=O)O. The number of carbonyl (C=O) groups is 3. The topological polar surface area (TPSA) is 95.5 Å². The normalized spacial score (nSPS) is 12.7. The number of amides is 2. The van der Waals surface area contributed by atoms with E-state index >= 15 is 0 Å². The van der Waals surface area contributed by atoms with Crippen molar-refractivity contribution in [1.29, 1.82) is 0 Å². The maximum atomic E-state index is 12.4. The minimum Gasteiger partial charge on any atom is -0.480 e. The molecule has 0 aromatic heterocycles. The van der Waals surface area contributed by atoms with Crippen molar-refractivity contribution in [3.63, 3.8) is 0 Å². The summed E-state index contributed by atoms with van der Waals surface area (Å²) < 4.78 is 0. The molecule has 0 spiro atoms. The average molecular weight is 332 g/mol. The molecule has 2 amide bonds. The monoisotopic (exact) mass is 332 g/mol. The number of nitrogens with one attached hydrogen (secondary N) is 2. The number of carboxylic acids is 1. The summed E-state index contributed by atoms with van der Waals surface area (Å²) in [4.78, 5) is 35.1. The van der Waals surface area contributed by atoms with Gasteiger partial charge in [-0.2, -0.15) is 0 Å². The third kappa shape index (κ3) is 7.09. The van der Waals surface area contributed by atoms with Gasteiger partial charge in [-0.15, -0.1) is 6.58 Å². The van der Waals surface area contributed by atoms with Crippen LogP contribution in [0.25, 0.3) is 0 Å². The molecule has 2 atom stereocenters. The zero-order valence-electron chi connectivity index (χ0n) is 13.8. The van der Waals surface area contributed by atoms with Crippen LogP contribution in [-0.2, 0) is 20.8 Å². The van der Waals surface area contributed by atoms with Crippen LogP contribution in [0.2, 0.25) is 0 Å². The maximum absolute atomic E-state index is 12.4. The van der Waals surface area contributed by atoms with Gasteiger partial charge in [-0.25, -0.2) is 4.79 Å². The van der Waals surface area contributed by atoms with Crippen LogP contribution in [0.4, 0.5) is 0 Å². The first-order chi connectivity index (χ1) is 11.4.